The van der Waals surface area contributed by atoms with Gasteiger partial charge in [0.1, 0.15) is 5.82 Å². The van der Waals surface area contributed by atoms with E-state index in [9.17, 15) is 22.4 Å². The number of amides is 1. The van der Waals surface area contributed by atoms with Gasteiger partial charge in [0, 0.05) is 11.4 Å². The second-order valence-corrected chi connectivity index (χ2v) is 6.47. The Kier molecular flexibility index (Phi) is 4.91. The topological polar surface area (TPSA) is 29.1 Å². The standard InChI is InChI=1S/C14H14BrF4NO/c15-10-3-1-8(5-10)7-20-13(21)11-6-9(14(17,18)19)2-4-12(11)16/h2,4,6,8,10H,1,3,5,7H2,(H,20,21). The van der Waals surface area contributed by atoms with E-state index in [2.05, 4.69) is 21.2 Å². The molecular formula is C14H14BrF4NO. The minimum atomic E-state index is -4.60. The zero-order valence-corrected chi connectivity index (χ0v) is 12.6. The molecule has 1 amide bonds. The largest absolute Gasteiger partial charge is 0.416 e. The van der Waals surface area contributed by atoms with Crippen LogP contribution in [-0.2, 0) is 6.18 Å². The summed E-state index contributed by atoms with van der Waals surface area (Å²) < 4.78 is 51.3. The van der Waals surface area contributed by atoms with Crippen molar-refractivity contribution in [2.45, 2.75) is 30.3 Å². The summed E-state index contributed by atoms with van der Waals surface area (Å²) >= 11 is 3.48. The van der Waals surface area contributed by atoms with Gasteiger partial charge in [-0.2, -0.15) is 13.2 Å². The number of carbonyl (C=O) groups is 1. The van der Waals surface area contributed by atoms with E-state index in [1.54, 1.807) is 0 Å². The van der Waals surface area contributed by atoms with Gasteiger partial charge >= 0.3 is 6.18 Å². The van der Waals surface area contributed by atoms with Crippen molar-refractivity contribution in [1.82, 2.24) is 5.32 Å². The van der Waals surface area contributed by atoms with Crippen LogP contribution in [0.4, 0.5) is 17.6 Å². The molecule has 0 radical (unpaired) electrons. The molecule has 0 aromatic heterocycles. The molecule has 1 aliphatic carbocycles. The van der Waals surface area contributed by atoms with Crippen LogP contribution in [-0.4, -0.2) is 17.3 Å². The lowest BCUT2D eigenvalue weighted by Crippen LogP contribution is -2.29. The quantitative estimate of drug-likeness (QED) is 0.631. The van der Waals surface area contributed by atoms with Gasteiger partial charge in [0.2, 0.25) is 0 Å². The lowest BCUT2D eigenvalue weighted by molar-refractivity contribution is -0.137. The second kappa shape index (κ2) is 6.34. The average Bonchev–Trinajstić information content (AvgIpc) is 2.81. The monoisotopic (exact) mass is 367 g/mol. The molecule has 2 nitrogen and oxygen atoms in total. The Morgan fingerprint density at radius 2 is 2.05 bits per heavy atom. The molecular weight excluding hydrogens is 354 g/mol. The van der Waals surface area contributed by atoms with Gasteiger partial charge in [-0.25, -0.2) is 4.39 Å². The van der Waals surface area contributed by atoms with Gasteiger partial charge in [0.15, 0.2) is 0 Å². The normalized spacial score (nSPS) is 22.3. The minimum absolute atomic E-state index is 0.271. The van der Waals surface area contributed by atoms with Crippen molar-refractivity contribution >= 4 is 21.8 Å². The van der Waals surface area contributed by atoms with Crippen molar-refractivity contribution in [1.29, 1.82) is 0 Å². The molecule has 2 unspecified atom stereocenters. The SMILES string of the molecule is O=C(NCC1CCC(Br)C1)c1cc(C(F)(F)F)ccc1F. The third-order valence-corrected chi connectivity index (χ3v) is 4.40. The van der Waals surface area contributed by atoms with Crippen LogP contribution < -0.4 is 5.32 Å². The lowest BCUT2D eigenvalue weighted by Gasteiger charge is -2.13. The molecule has 0 bridgehead atoms. The Morgan fingerprint density at radius 1 is 1.33 bits per heavy atom. The van der Waals surface area contributed by atoms with Gasteiger partial charge in [0.05, 0.1) is 11.1 Å². The summed E-state index contributed by atoms with van der Waals surface area (Å²) in [4.78, 5) is 12.3. The number of hydrogen-bond donors (Lipinski definition) is 1. The van der Waals surface area contributed by atoms with Crippen LogP contribution in [0.15, 0.2) is 18.2 Å². The molecule has 1 aliphatic rings. The maximum absolute atomic E-state index is 13.5. The molecule has 1 aromatic carbocycles. The Labute approximate surface area is 128 Å². The molecule has 21 heavy (non-hydrogen) atoms. The van der Waals surface area contributed by atoms with Crippen LogP contribution in [0.25, 0.3) is 0 Å². The highest BCUT2D eigenvalue weighted by Gasteiger charge is 2.32. The van der Waals surface area contributed by atoms with E-state index in [0.29, 0.717) is 29.6 Å². The highest BCUT2D eigenvalue weighted by Crippen LogP contribution is 2.31. The van der Waals surface area contributed by atoms with E-state index < -0.39 is 29.0 Å². The number of carbonyl (C=O) groups excluding carboxylic acids is 1. The molecule has 116 valence electrons. The predicted molar refractivity (Wildman–Crippen MR) is 73.8 cm³/mol. The van der Waals surface area contributed by atoms with Crippen molar-refractivity contribution < 1.29 is 22.4 Å². The molecule has 7 heteroatoms. The fraction of sp³-hybridized carbons (Fsp3) is 0.500. The number of hydrogen-bond acceptors (Lipinski definition) is 1. The summed E-state index contributed by atoms with van der Waals surface area (Å²) in [5, 5.41) is 2.51. The van der Waals surface area contributed by atoms with Crippen LogP contribution in [0.2, 0.25) is 0 Å². The molecule has 0 aliphatic heterocycles. The summed E-state index contributed by atoms with van der Waals surface area (Å²) in [6.45, 7) is 0.344. The van der Waals surface area contributed by atoms with Crippen molar-refractivity contribution in [3.05, 3.63) is 35.1 Å². The first-order valence-electron chi connectivity index (χ1n) is 6.56. The Balaban J connectivity index is 2.04. The summed E-state index contributed by atoms with van der Waals surface area (Å²) in [7, 11) is 0. The fourth-order valence-electron chi connectivity index (χ4n) is 2.41. The second-order valence-electron chi connectivity index (χ2n) is 5.18. The minimum Gasteiger partial charge on any atom is -0.352 e. The molecule has 0 heterocycles. The maximum atomic E-state index is 13.5. The molecule has 2 rings (SSSR count). The van der Waals surface area contributed by atoms with Gasteiger partial charge in [-0.1, -0.05) is 15.9 Å². The fourth-order valence-corrected chi connectivity index (χ4v) is 3.20. The van der Waals surface area contributed by atoms with Gasteiger partial charge in [-0.15, -0.1) is 0 Å². The summed E-state index contributed by atoms with van der Waals surface area (Å²) in [6.07, 6.45) is -1.78. The first-order valence-corrected chi connectivity index (χ1v) is 7.48. The van der Waals surface area contributed by atoms with Gasteiger partial charge < -0.3 is 5.32 Å². The van der Waals surface area contributed by atoms with E-state index in [-0.39, 0.29) is 5.92 Å². The number of alkyl halides is 4. The number of halogens is 5. The summed E-state index contributed by atoms with van der Waals surface area (Å²) in [5.41, 5.74) is -1.60. The predicted octanol–water partition coefficient (Wildman–Crippen LogP) is 4.14. The smallest absolute Gasteiger partial charge is 0.352 e. The molecule has 1 aromatic rings. The summed E-state index contributed by atoms with van der Waals surface area (Å²) in [5.74, 6) is -1.49. The number of rotatable bonds is 3. The third kappa shape index (κ3) is 4.18. The van der Waals surface area contributed by atoms with Gasteiger partial charge in [0.25, 0.3) is 5.91 Å². The number of benzene rings is 1. The van der Waals surface area contributed by atoms with Crippen molar-refractivity contribution in [2.75, 3.05) is 6.54 Å². The van der Waals surface area contributed by atoms with Crippen molar-refractivity contribution in [3.63, 3.8) is 0 Å². The van der Waals surface area contributed by atoms with Gasteiger partial charge in [-0.05, 0) is 43.4 Å². The highest BCUT2D eigenvalue weighted by molar-refractivity contribution is 9.09. The highest BCUT2D eigenvalue weighted by atomic mass is 79.9. The lowest BCUT2D eigenvalue weighted by atomic mass is 10.1. The summed E-state index contributed by atoms with van der Waals surface area (Å²) in [6, 6.07) is 1.84. The molecule has 0 spiro atoms. The van der Waals surface area contributed by atoms with E-state index >= 15 is 0 Å². The van der Waals surface area contributed by atoms with Crippen LogP contribution >= 0.6 is 15.9 Å². The Hall–Kier alpha value is -1.11. The number of nitrogens with one attached hydrogen (secondary N) is 1. The Bertz CT molecular complexity index is 532. The zero-order valence-electron chi connectivity index (χ0n) is 11.0. The molecule has 0 saturated heterocycles. The van der Waals surface area contributed by atoms with Crippen molar-refractivity contribution in [3.8, 4) is 0 Å². The van der Waals surface area contributed by atoms with E-state index in [1.165, 1.54) is 0 Å². The van der Waals surface area contributed by atoms with E-state index in [0.717, 1.165) is 19.3 Å². The first-order chi connectivity index (χ1) is 9.77. The van der Waals surface area contributed by atoms with E-state index in [1.807, 2.05) is 0 Å². The molecule has 1 fully saturated rings. The Morgan fingerprint density at radius 3 is 2.62 bits per heavy atom. The molecule has 1 saturated carbocycles. The van der Waals surface area contributed by atoms with Crippen LogP contribution in [0.1, 0.15) is 35.2 Å². The van der Waals surface area contributed by atoms with Gasteiger partial charge in [-0.3, -0.25) is 4.79 Å². The van der Waals surface area contributed by atoms with Crippen LogP contribution in [0.5, 0.6) is 0 Å². The third-order valence-electron chi connectivity index (χ3n) is 3.57. The van der Waals surface area contributed by atoms with Crippen LogP contribution in [0.3, 0.4) is 0 Å². The maximum Gasteiger partial charge on any atom is 0.416 e. The average molecular weight is 368 g/mol. The van der Waals surface area contributed by atoms with Crippen LogP contribution in [0, 0.1) is 11.7 Å². The molecule has 2 atom stereocenters. The zero-order chi connectivity index (χ0) is 15.6. The molecule has 1 N–H and O–H groups in total. The van der Waals surface area contributed by atoms with E-state index in [4.69, 9.17) is 0 Å². The van der Waals surface area contributed by atoms with Crippen molar-refractivity contribution in [2.24, 2.45) is 5.92 Å². The first kappa shape index (κ1) is 16.3.